The predicted octanol–water partition coefficient (Wildman–Crippen LogP) is 1.36. The molecule has 1 fully saturated rings. The molecule has 1 aliphatic rings. The Kier molecular flexibility index (Phi) is 4.07. The zero-order chi connectivity index (χ0) is 15.8. The molecule has 2 rings (SSSR count). The summed E-state index contributed by atoms with van der Waals surface area (Å²) in [7, 11) is 0. The van der Waals surface area contributed by atoms with Crippen LogP contribution in [-0.4, -0.2) is 33.3 Å². The predicted molar refractivity (Wildman–Crippen MR) is 77.7 cm³/mol. The summed E-state index contributed by atoms with van der Waals surface area (Å²) in [6.45, 7) is 8.89. The Morgan fingerprint density at radius 1 is 1.38 bits per heavy atom. The number of aryl methyl sites for hydroxylation is 3. The largest absolute Gasteiger partial charge is 0.481 e. The summed E-state index contributed by atoms with van der Waals surface area (Å²) in [6, 6.07) is 2.02. The molecule has 21 heavy (non-hydrogen) atoms. The number of rotatable bonds is 6. The molecule has 0 aromatic carbocycles. The second kappa shape index (κ2) is 5.50. The van der Waals surface area contributed by atoms with Gasteiger partial charge < -0.3 is 10.4 Å². The van der Waals surface area contributed by atoms with Crippen molar-refractivity contribution in [3.8, 4) is 0 Å². The number of nitrogens with one attached hydrogen (secondary N) is 1. The second-order valence-corrected chi connectivity index (χ2v) is 6.41. The quantitative estimate of drug-likeness (QED) is 0.776. The number of carbonyl (C=O) groups is 2. The van der Waals surface area contributed by atoms with Gasteiger partial charge in [-0.2, -0.15) is 5.10 Å². The van der Waals surface area contributed by atoms with Crippen molar-refractivity contribution in [1.29, 1.82) is 0 Å². The van der Waals surface area contributed by atoms with E-state index in [1.807, 2.05) is 38.4 Å². The van der Waals surface area contributed by atoms with E-state index in [0.717, 1.165) is 24.4 Å². The molecule has 0 radical (unpaired) electrons. The van der Waals surface area contributed by atoms with E-state index in [2.05, 4.69) is 10.4 Å². The molecule has 116 valence electrons. The molecule has 1 aromatic rings. The maximum Gasteiger partial charge on any atom is 0.307 e. The molecule has 2 atom stereocenters. The Morgan fingerprint density at radius 3 is 2.52 bits per heavy atom. The number of aromatic nitrogens is 2. The lowest BCUT2D eigenvalue weighted by molar-refractivity contribution is -0.140. The maximum absolute atomic E-state index is 12.0. The SMILES string of the molecule is Cc1cc(C)n(CCCNC(=O)[C@@H]2[C@H](C(=O)O)C2(C)C)n1. The van der Waals surface area contributed by atoms with Crippen LogP contribution in [0.5, 0.6) is 0 Å². The van der Waals surface area contributed by atoms with E-state index < -0.39 is 23.2 Å². The highest BCUT2D eigenvalue weighted by atomic mass is 16.4. The highest BCUT2D eigenvalue weighted by Gasteiger charge is 2.65. The van der Waals surface area contributed by atoms with Crippen molar-refractivity contribution >= 4 is 11.9 Å². The van der Waals surface area contributed by atoms with E-state index in [1.165, 1.54) is 0 Å². The third kappa shape index (κ3) is 3.09. The van der Waals surface area contributed by atoms with Crippen LogP contribution in [0.1, 0.15) is 31.7 Å². The fraction of sp³-hybridized carbons (Fsp3) is 0.667. The summed E-state index contributed by atoms with van der Waals surface area (Å²) in [5, 5.41) is 16.3. The molecule has 1 heterocycles. The fourth-order valence-corrected chi connectivity index (χ4v) is 3.04. The third-order valence-corrected chi connectivity index (χ3v) is 4.33. The highest BCUT2D eigenvalue weighted by molar-refractivity contribution is 5.91. The van der Waals surface area contributed by atoms with Gasteiger partial charge in [0.2, 0.25) is 5.91 Å². The molecule has 1 amide bonds. The van der Waals surface area contributed by atoms with Crippen LogP contribution >= 0.6 is 0 Å². The van der Waals surface area contributed by atoms with Gasteiger partial charge in [-0.3, -0.25) is 14.3 Å². The van der Waals surface area contributed by atoms with Gasteiger partial charge in [-0.1, -0.05) is 13.8 Å². The summed E-state index contributed by atoms with van der Waals surface area (Å²) < 4.78 is 1.92. The molecule has 0 spiro atoms. The number of carboxylic acid groups (broad SMARTS) is 1. The average molecular weight is 293 g/mol. The summed E-state index contributed by atoms with van der Waals surface area (Å²) >= 11 is 0. The molecule has 2 N–H and O–H groups in total. The van der Waals surface area contributed by atoms with Crippen molar-refractivity contribution in [2.75, 3.05) is 6.54 Å². The van der Waals surface area contributed by atoms with Gasteiger partial charge in [0.1, 0.15) is 0 Å². The Hall–Kier alpha value is -1.85. The van der Waals surface area contributed by atoms with E-state index in [0.29, 0.717) is 6.54 Å². The van der Waals surface area contributed by atoms with E-state index in [1.54, 1.807) is 0 Å². The molecule has 1 aliphatic carbocycles. The molecule has 0 saturated heterocycles. The van der Waals surface area contributed by atoms with Gasteiger partial charge in [0.05, 0.1) is 17.5 Å². The van der Waals surface area contributed by atoms with Crippen LogP contribution in [0.4, 0.5) is 0 Å². The van der Waals surface area contributed by atoms with E-state index in [9.17, 15) is 9.59 Å². The van der Waals surface area contributed by atoms with Gasteiger partial charge in [0.25, 0.3) is 0 Å². The molecule has 0 unspecified atom stereocenters. The zero-order valence-electron chi connectivity index (χ0n) is 13.0. The first kappa shape index (κ1) is 15.5. The van der Waals surface area contributed by atoms with Crippen LogP contribution in [0.25, 0.3) is 0 Å². The first-order valence-electron chi connectivity index (χ1n) is 7.26. The lowest BCUT2D eigenvalue weighted by atomic mass is 10.1. The Balaban J connectivity index is 1.76. The molecule has 0 bridgehead atoms. The second-order valence-electron chi connectivity index (χ2n) is 6.41. The summed E-state index contributed by atoms with van der Waals surface area (Å²) in [4.78, 5) is 23.1. The summed E-state index contributed by atoms with van der Waals surface area (Å²) in [5.74, 6) is -2.01. The van der Waals surface area contributed by atoms with Crippen LogP contribution in [0.3, 0.4) is 0 Å². The average Bonchev–Trinajstić information content (AvgIpc) is 2.81. The molecule has 0 aliphatic heterocycles. The molecule has 6 nitrogen and oxygen atoms in total. The molecular weight excluding hydrogens is 270 g/mol. The summed E-state index contributed by atoms with van der Waals surface area (Å²) in [6.07, 6.45) is 0.776. The minimum Gasteiger partial charge on any atom is -0.481 e. The Bertz CT molecular complexity index is 563. The minimum atomic E-state index is -0.886. The minimum absolute atomic E-state index is 0.152. The number of carboxylic acids is 1. The number of hydrogen-bond donors (Lipinski definition) is 2. The Labute approximate surface area is 124 Å². The standard InChI is InChI=1S/C15H23N3O3/c1-9-8-10(2)18(17-9)7-5-6-16-13(19)11-12(14(20)21)15(11,3)4/h8,11-12H,5-7H2,1-4H3,(H,16,19)(H,20,21)/t11-,12+/m0/s1. The van der Waals surface area contributed by atoms with Gasteiger partial charge in [0, 0.05) is 18.8 Å². The first-order valence-corrected chi connectivity index (χ1v) is 7.26. The van der Waals surface area contributed by atoms with Crippen LogP contribution in [0, 0.1) is 31.1 Å². The van der Waals surface area contributed by atoms with E-state index in [-0.39, 0.29) is 5.91 Å². The van der Waals surface area contributed by atoms with Crippen LogP contribution < -0.4 is 5.32 Å². The van der Waals surface area contributed by atoms with Crippen molar-refractivity contribution in [3.63, 3.8) is 0 Å². The lowest BCUT2D eigenvalue weighted by Gasteiger charge is -2.07. The van der Waals surface area contributed by atoms with E-state index >= 15 is 0 Å². The highest BCUT2D eigenvalue weighted by Crippen LogP contribution is 2.58. The van der Waals surface area contributed by atoms with Crippen LogP contribution in [0.15, 0.2) is 6.07 Å². The number of hydrogen-bond acceptors (Lipinski definition) is 3. The molecule has 1 saturated carbocycles. The number of carbonyl (C=O) groups excluding carboxylic acids is 1. The van der Waals surface area contributed by atoms with Gasteiger partial charge >= 0.3 is 5.97 Å². The smallest absolute Gasteiger partial charge is 0.307 e. The number of nitrogens with zero attached hydrogens (tertiary/aromatic N) is 2. The number of amides is 1. The van der Waals surface area contributed by atoms with Gasteiger partial charge in [-0.05, 0) is 31.7 Å². The topological polar surface area (TPSA) is 84.2 Å². The molecular formula is C15H23N3O3. The van der Waals surface area contributed by atoms with Gasteiger partial charge in [-0.25, -0.2) is 0 Å². The van der Waals surface area contributed by atoms with Crippen molar-refractivity contribution in [2.45, 2.75) is 40.7 Å². The fourth-order valence-electron chi connectivity index (χ4n) is 3.04. The van der Waals surface area contributed by atoms with Crippen LogP contribution in [0.2, 0.25) is 0 Å². The van der Waals surface area contributed by atoms with Gasteiger partial charge in [-0.15, -0.1) is 0 Å². The first-order chi connectivity index (χ1) is 9.75. The van der Waals surface area contributed by atoms with Gasteiger partial charge in [0.15, 0.2) is 0 Å². The van der Waals surface area contributed by atoms with Crippen LogP contribution in [-0.2, 0) is 16.1 Å². The van der Waals surface area contributed by atoms with Crippen molar-refractivity contribution in [1.82, 2.24) is 15.1 Å². The lowest BCUT2D eigenvalue weighted by Crippen LogP contribution is -2.29. The maximum atomic E-state index is 12.0. The molecule has 1 aromatic heterocycles. The Morgan fingerprint density at radius 2 is 2.05 bits per heavy atom. The van der Waals surface area contributed by atoms with Crippen molar-refractivity contribution in [3.05, 3.63) is 17.5 Å². The molecule has 6 heteroatoms. The van der Waals surface area contributed by atoms with Crippen molar-refractivity contribution in [2.24, 2.45) is 17.3 Å². The third-order valence-electron chi connectivity index (χ3n) is 4.33. The number of aliphatic carboxylic acids is 1. The van der Waals surface area contributed by atoms with E-state index in [4.69, 9.17) is 5.11 Å². The normalized spacial score (nSPS) is 22.9. The van der Waals surface area contributed by atoms with Crippen molar-refractivity contribution < 1.29 is 14.7 Å². The monoisotopic (exact) mass is 293 g/mol. The zero-order valence-corrected chi connectivity index (χ0v) is 13.0. The summed E-state index contributed by atoms with van der Waals surface area (Å²) in [5.41, 5.74) is 1.65.